The zero-order valence-corrected chi connectivity index (χ0v) is 17.0. The van der Waals surface area contributed by atoms with Crippen LogP contribution < -0.4 is 0 Å². The Labute approximate surface area is 156 Å². The van der Waals surface area contributed by atoms with E-state index in [2.05, 4.69) is 31.7 Å². The summed E-state index contributed by atoms with van der Waals surface area (Å²) in [6.45, 7) is 12.3. The lowest BCUT2D eigenvalue weighted by molar-refractivity contribution is 0.0339. The number of hydrogen-bond donors (Lipinski definition) is 0. The lowest BCUT2D eigenvalue weighted by Crippen LogP contribution is -2.41. The second kappa shape index (κ2) is 7.77. The summed E-state index contributed by atoms with van der Waals surface area (Å²) in [6.07, 6.45) is 3.50. The average Bonchev–Trinajstić information content (AvgIpc) is 3.02. The summed E-state index contributed by atoms with van der Waals surface area (Å²) in [5, 5.41) is 0. The van der Waals surface area contributed by atoms with Crippen molar-refractivity contribution in [3.8, 4) is 0 Å². The van der Waals surface area contributed by atoms with Gasteiger partial charge in [0.1, 0.15) is 0 Å². The molecule has 1 aliphatic carbocycles. The summed E-state index contributed by atoms with van der Waals surface area (Å²) >= 11 is 1.72. The highest BCUT2D eigenvalue weighted by atomic mass is 32.1. The largest absolute Gasteiger partial charge is 0.379 e. The van der Waals surface area contributed by atoms with Crippen LogP contribution in [0.15, 0.2) is 6.07 Å². The molecule has 2 heterocycles. The number of nitrogens with zero attached hydrogens (tertiary/aromatic N) is 2. The number of aryl methyl sites for hydroxylation is 1. The number of thiophene rings is 1. The third-order valence-electron chi connectivity index (χ3n) is 5.72. The Hall–Kier alpha value is -0.910. The molecule has 1 aromatic rings. The maximum absolute atomic E-state index is 12.8. The summed E-state index contributed by atoms with van der Waals surface area (Å²) in [6, 6.07) is 2.17. The molecule has 0 bridgehead atoms. The van der Waals surface area contributed by atoms with Crippen LogP contribution in [0.1, 0.15) is 47.3 Å². The van der Waals surface area contributed by atoms with Crippen LogP contribution in [0.4, 0.5) is 0 Å². The Kier molecular flexibility index (Phi) is 5.86. The summed E-state index contributed by atoms with van der Waals surface area (Å²) < 4.78 is 5.38. The second-order valence-corrected chi connectivity index (χ2v) is 9.68. The molecule has 0 aromatic carbocycles. The van der Waals surface area contributed by atoms with E-state index in [4.69, 9.17) is 4.74 Å². The highest BCUT2D eigenvalue weighted by Crippen LogP contribution is 2.40. The molecule has 140 valence electrons. The van der Waals surface area contributed by atoms with Crippen molar-refractivity contribution in [2.75, 3.05) is 46.4 Å². The SMILES string of the molecule is CN(CCN1CCOCC1)C(=O)c1cc2c(s1)CCC(C(C)(C)C)C2. The Morgan fingerprint density at radius 3 is 2.76 bits per heavy atom. The van der Waals surface area contributed by atoms with Gasteiger partial charge in [0.2, 0.25) is 0 Å². The van der Waals surface area contributed by atoms with Crippen LogP contribution in [0, 0.1) is 11.3 Å². The molecule has 0 saturated carbocycles. The van der Waals surface area contributed by atoms with Gasteiger partial charge in [0.25, 0.3) is 5.91 Å². The summed E-state index contributed by atoms with van der Waals surface area (Å²) in [5.41, 5.74) is 1.76. The monoisotopic (exact) mass is 364 g/mol. The standard InChI is InChI=1S/C20H32N2O2S/c1-20(2,3)16-5-6-17-15(13-16)14-18(25-17)19(23)21(4)7-8-22-9-11-24-12-10-22/h14,16H,5-13H2,1-4H3. The Morgan fingerprint density at radius 2 is 2.08 bits per heavy atom. The number of rotatable bonds is 4. The fraction of sp³-hybridized carbons (Fsp3) is 0.750. The van der Waals surface area contributed by atoms with Crippen LogP contribution in [0.2, 0.25) is 0 Å². The number of fused-ring (bicyclic) bond motifs is 1. The van der Waals surface area contributed by atoms with Crippen LogP contribution in [-0.2, 0) is 17.6 Å². The number of carbonyl (C=O) groups excluding carboxylic acids is 1. The number of likely N-dealkylation sites (N-methyl/N-ethyl adjacent to an activating group) is 1. The van der Waals surface area contributed by atoms with Gasteiger partial charge in [-0.2, -0.15) is 0 Å². The van der Waals surface area contributed by atoms with Crippen LogP contribution in [0.5, 0.6) is 0 Å². The lowest BCUT2D eigenvalue weighted by Gasteiger charge is -2.33. The molecule has 0 radical (unpaired) electrons. The van der Waals surface area contributed by atoms with E-state index < -0.39 is 0 Å². The zero-order chi connectivity index (χ0) is 18.0. The van der Waals surface area contributed by atoms with E-state index in [0.29, 0.717) is 5.41 Å². The first-order valence-corrected chi connectivity index (χ1v) is 10.3. The summed E-state index contributed by atoms with van der Waals surface area (Å²) in [4.78, 5) is 19.4. The van der Waals surface area contributed by atoms with Crippen molar-refractivity contribution in [1.29, 1.82) is 0 Å². The molecular weight excluding hydrogens is 332 g/mol. The topological polar surface area (TPSA) is 32.8 Å². The summed E-state index contributed by atoms with van der Waals surface area (Å²) in [5.74, 6) is 0.900. The Bertz CT molecular complexity index is 599. The molecule has 25 heavy (non-hydrogen) atoms. The normalized spacial score (nSPS) is 21.8. The van der Waals surface area contributed by atoms with Gasteiger partial charge in [-0.25, -0.2) is 0 Å². The van der Waals surface area contributed by atoms with Gasteiger partial charge >= 0.3 is 0 Å². The van der Waals surface area contributed by atoms with Crippen molar-refractivity contribution in [2.24, 2.45) is 11.3 Å². The van der Waals surface area contributed by atoms with Gasteiger partial charge in [0.05, 0.1) is 18.1 Å². The number of hydrogen-bond acceptors (Lipinski definition) is 4. The van der Waals surface area contributed by atoms with E-state index in [9.17, 15) is 4.79 Å². The maximum Gasteiger partial charge on any atom is 0.263 e. The molecule has 2 aliphatic rings. The molecule has 5 heteroatoms. The molecule has 1 fully saturated rings. The average molecular weight is 365 g/mol. The van der Waals surface area contributed by atoms with Crippen LogP contribution in [0.25, 0.3) is 0 Å². The van der Waals surface area contributed by atoms with Gasteiger partial charge in [-0.3, -0.25) is 9.69 Å². The molecule has 1 aliphatic heterocycles. The molecular formula is C20H32N2O2S. The van der Waals surface area contributed by atoms with Crippen molar-refractivity contribution in [2.45, 2.75) is 40.0 Å². The predicted molar refractivity (Wildman–Crippen MR) is 104 cm³/mol. The van der Waals surface area contributed by atoms with Gasteiger partial charge in [0.15, 0.2) is 0 Å². The number of carbonyl (C=O) groups is 1. The Balaban J connectivity index is 1.58. The van der Waals surface area contributed by atoms with Crippen LogP contribution >= 0.6 is 11.3 Å². The molecule has 0 spiro atoms. The van der Waals surface area contributed by atoms with Crippen molar-refractivity contribution < 1.29 is 9.53 Å². The van der Waals surface area contributed by atoms with Gasteiger partial charge in [-0.1, -0.05) is 20.8 Å². The van der Waals surface area contributed by atoms with E-state index in [1.54, 1.807) is 11.3 Å². The molecule has 1 unspecified atom stereocenters. The molecule has 4 nitrogen and oxygen atoms in total. The minimum absolute atomic E-state index is 0.181. The fourth-order valence-electron chi connectivity index (χ4n) is 3.77. The minimum atomic E-state index is 0.181. The third kappa shape index (κ3) is 4.63. The molecule has 1 amide bonds. The summed E-state index contributed by atoms with van der Waals surface area (Å²) in [7, 11) is 1.93. The molecule has 1 aromatic heterocycles. The molecule has 1 saturated heterocycles. The lowest BCUT2D eigenvalue weighted by atomic mass is 9.72. The third-order valence-corrected chi connectivity index (χ3v) is 6.95. The van der Waals surface area contributed by atoms with Gasteiger partial charge < -0.3 is 9.64 Å². The minimum Gasteiger partial charge on any atom is -0.379 e. The highest BCUT2D eigenvalue weighted by molar-refractivity contribution is 7.14. The first-order valence-electron chi connectivity index (χ1n) is 9.52. The Morgan fingerprint density at radius 1 is 1.36 bits per heavy atom. The van der Waals surface area contributed by atoms with Crippen molar-refractivity contribution in [3.63, 3.8) is 0 Å². The number of amides is 1. The van der Waals surface area contributed by atoms with Crippen molar-refractivity contribution >= 4 is 17.2 Å². The molecule has 1 atom stereocenters. The van der Waals surface area contributed by atoms with Gasteiger partial charge in [-0.05, 0) is 42.2 Å². The van der Waals surface area contributed by atoms with Crippen LogP contribution in [-0.4, -0.2) is 62.1 Å². The first-order chi connectivity index (χ1) is 11.8. The number of ether oxygens (including phenoxy) is 1. The van der Waals surface area contributed by atoms with Crippen molar-refractivity contribution in [3.05, 3.63) is 21.4 Å². The van der Waals surface area contributed by atoms with E-state index >= 15 is 0 Å². The van der Waals surface area contributed by atoms with Gasteiger partial charge in [-0.15, -0.1) is 11.3 Å². The van der Waals surface area contributed by atoms with Crippen molar-refractivity contribution in [1.82, 2.24) is 9.80 Å². The first kappa shape index (κ1) is 18.9. The quantitative estimate of drug-likeness (QED) is 0.822. The smallest absolute Gasteiger partial charge is 0.263 e. The van der Waals surface area contributed by atoms with Crippen LogP contribution in [0.3, 0.4) is 0 Å². The fourth-order valence-corrected chi connectivity index (χ4v) is 4.98. The maximum atomic E-state index is 12.8. The van der Waals surface area contributed by atoms with Gasteiger partial charge in [0, 0.05) is 38.1 Å². The predicted octanol–water partition coefficient (Wildman–Crippen LogP) is 3.30. The van der Waals surface area contributed by atoms with E-state index in [0.717, 1.165) is 63.0 Å². The highest BCUT2D eigenvalue weighted by Gasteiger charge is 2.30. The number of morpholine rings is 1. The van der Waals surface area contributed by atoms with E-state index in [-0.39, 0.29) is 5.91 Å². The zero-order valence-electron chi connectivity index (χ0n) is 16.1. The van der Waals surface area contributed by atoms with E-state index in [1.807, 2.05) is 11.9 Å². The van der Waals surface area contributed by atoms with E-state index in [1.165, 1.54) is 16.9 Å². The second-order valence-electron chi connectivity index (χ2n) is 8.55. The molecule has 3 rings (SSSR count). The molecule has 0 N–H and O–H groups in total.